The molecule has 0 saturated heterocycles. The summed E-state index contributed by atoms with van der Waals surface area (Å²) in [6.07, 6.45) is 3.91. The summed E-state index contributed by atoms with van der Waals surface area (Å²) in [4.78, 5) is 13.2. The van der Waals surface area contributed by atoms with E-state index in [-0.39, 0.29) is 0 Å². The van der Waals surface area contributed by atoms with Crippen LogP contribution >= 0.6 is 11.6 Å². The van der Waals surface area contributed by atoms with E-state index in [4.69, 9.17) is 16.1 Å². The highest BCUT2D eigenvalue weighted by molar-refractivity contribution is 6.30. The third-order valence-electron chi connectivity index (χ3n) is 4.06. The van der Waals surface area contributed by atoms with Gasteiger partial charge < -0.3 is 9.84 Å². The highest BCUT2D eigenvalue weighted by Gasteiger charge is 2.09. The monoisotopic (exact) mass is 395 g/mol. The number of nitrogens with zero attached hydrogens (tertiary/aromatic N) is 6. The van der Waals surface area contributed by atoms with Gasteiger partial charge in [0.15, 0.2) is 5.82 Å². The summed E-state index contributed by atoms with van der Waals surface area (Å²) in [5, 5.41) is 12.3. The lowest BCUT2D eigenvalue weighted by Crippen LogP contribution is -2.09. The van der Waals surface area contributed by atoms with Crippen LogP contribution in [0.5, 0.6) is 0 Å². The molecule has 0 aliphatic rings. The van der Waals surface area contributed by atoms with Gasteiger partial charge in [-0.15, -0.1) is 0 Å². The number of benzene rings is 1. The molecule has 0 bridgehead atoms. The third-order valence-corrected chi connectivity index (χ3v) is 4.32. The van der Waals surface area contributed by atoms with Gasteiger partial charge in [-0.25, -0.2) is 9.67 Å². The zero-order valence-electron chi connectivity index (χ0n) is 15.4. The maximum atomic E-state index is 5.90. The van der Waals surface area contributed by atoms with Crippen molar-refractivity contribution in [2.75, 3.05) is 11.9 Å². The Balaban J connectivity index is 1.39. The number of aromatic nitrogens is 6. The molecule has 0 unspecified atom stereocenters. The van der Waals surface area contributed by atoms with E-state index in [0.717, 1.165) is 17.0 Å². The summed E-state index contributed by atoms with van der Waals surface area (Å²) in [5.74, 6) is 2.40. The first-order chi connectivity index (χ1) is 13.6. The van der Waals surface area contributed by atoms with Gasteiger partial charge in [-0.05, 0) is 44.2 Å². The zero-order valence-corrected chi connectivity index (χ0v) is 16.2. The summed E-state index contributed by atoms with van der Waals surface area (Å²) >= 11 is 5.90. The lowest BCUT2D eigenvalue weighted by molar-refractivity contribution is 0.381. The van der Waals surface area contributed by atoms with Crippen molar-refractivity contribution in [2.45, 2.75) is 20.3 Å². The number of aryl methyl sites for hydroxylation is 2. The van der Waals surface area contributed by atoms with Crippen LogP contribution in [0.15, 0.2) is 47.2 Å². The standard InChI is InChI=1S/C19H18ClN7O/c1-12-9-13(2)27(25-12)17-11-21-10-16(23-17)22-8-7-18-24-19(26-28-18)14-3-5-15(20)6-4-14/h3-6,9-11H,7-8H2,1-2H3,(H,22,23). The second kappa shape index (κ2) is 7.77. The summed E-state index contributed by atoms with van der Waals surface area (Å²) in [5.41, 5.74) is 2.80. The van der Waals surface area contributed by atoms with Crippen molar-refractivity contribution >= 4 is 17.4 Å². The van der Waals surface area contributed by atoms with E-state index < -0.39 is 0 Å². The lowest BCUT2D eigenvalue weighted by Gasteiger charge is -2.07. The molecule has 0 saturated carbocycles. The molecule has 0 amide bonds. The molecule has 1 aromatic carbocycles. The quantitative estimate of drug-likeness (QED) is 0.532. The lowest BCUT2D eigenvalue weighted by atomic mass is 10.2. The molecule has 4 rings (SSSR count). The van der Waals surface area contributed by atoms with E-state index >= 15 is 0 Å². The van der Waals surface area contributed by atoms with Crippen LogP contribution in [0.3, 0.4) is 0 Å². The van der Waals surface area contributed by atoms with Crippen LogP contribution in [0.2, 0.25) is 5.02 Å². The highest BCUT2D eigenvalue weighted by atomic mass is 35.5. The van der Waals surface area contributed by atoms with E-state index in [0.29, 0.717) is 41.3 Å². The molecule has 0 atom stereocenters. The van der Waals surface area contributed by atoms with Crippen molar-refractivity contribution in [3.63, 3.8) is 0 Å². The Hall–Kier alpha value is -3.26. The van der Waals surface area contributed by atoms with E-state index in [2.05, 4.69) is 30.5 Å². The second-order valence-corrected chi connectivity index (χ2v) is 6.73. The molecule has 142 valence electrons. The van der Waals surface area contributed by atoms with Crippen molar-refractivity contribution in [1.29, 1.82) is 0 Å². The Bertz CT molecular complexity index is 1090. The summed E-state index contributed by atoms with van der Waals surface area (Å²) in [6, 6.07) is 9.30. The zero-order chi connectivity index (χ0) is 19.5. The fourth-order valence-electron chi connectivity index (χ4n) is 2.77. The average molecular weight is 396 g/mol. The van der Waals surface area contributed by atoms with E-state index in [1.54, 1.807) is 29.2 Å². The molecular formula is C19H18ClN7O. The van der Waals surface area contributed by atoms with Gasteiger partial charge in [0.25, 0.3) is 0 Å². The molecule has 4 aromatic rings. The van der Waals surface area contributed by atoms with Crippen molar-refractivity contribution in [1.82, 2.24) is 29.9 Å². The van der Waals surface area contributed by atoms with Crippen molar-refractivity contribution in [3.8, 4) is 17.2 Å². The largest absolute Gasteiger partial charge is 0.368 e. The van der Waals surface area contributed by atoms with Crippen LogP contribution in [0.25, 0.3) is 17.2 Å². The van der Waals surface area contributed by atoms with E-state index in [1.165, 1.54) is 0 Å². The Kier molecular flexibility index (Phi) is 5.03. The topological polar surface area (TPSA) is 94.6 Å². The van der Waals surface area contributed by atoms with Crippen molar-refractivity contribution in [3.05, 3.63) is 65.0 Å². The van der Waals surface area contributed by atoms with E-state index in [9.17, 15) is 0 Å². The Morgan fingerprint density at radius 2 is 1.93 bits per heavy atom. The fraction of sp³-hybridized carbons (Fsp3) is 0.211. The molecule has 0 aliphatic carbocycles. The summed E-state index contributed by atoms with van der Waals surface area (Å²) in [7, 11) is 0. The van der Waals surface area contributed by atoms with Gasteiger partial charge in [0.05, 0.1) is 18.1 Å². The Morgan fingerprint density at radius 1 is 1.11 bits per heavy atom. The normalized spacial score (nSPS) is 11.0. The highest BCUT2D eigenvalue weighted by Crippen LogP contribution is 2.19. The molecule has 9 heteroatoms. The Morgan fingerprint density at radius 3 is 2.68 bits per heavy atom. The predicted molar refractivity (Wildman–Crippen MR) is 106 cm³/mol. The minimum atomic E-state index is 0.540. The van der Waals surface area contributed by atoms with Crippen molar-refractivity contribution in [2.24, 2.45) is 0 Å². The van der Waals surface area contributed by atoms with Crippen LogP contribution < -0.4 is 5.32 Å². The third kappa shape index (κ3) is 4.01. The van der Waals surface area contributed by atoms with Gasteiger partial charge in [0.2, 0.25) is 11.7 Å². The maximum absolute atomic E-state index is 5.90. The minimum Gasteiger partial charge on any atom is -0.368 e. The first-order valence-corrected chi connectivity index (χ1v) is 9.14. The number of anilines is 1. The van der Waals surface area contributed by atoms with Crippen LogP contribution in [0.1, 0.15) is 17.3 Å². The molecule has 8 nitrogen and oxygen atoms in total. The van der Waals surface area contributed by atoms with Gasteiger partial charge in [0.1, 0.15) is 5.82 Å². The van der Waals surface area contributed by atoms with Gasteiger partial charge in [0, 0.05) is 29.2 Å². The molecule has 0 aliphatic heterocycles. The fourth-order valence-corrected chi connectivity index (χ4v) is 2.90. The first kappa shape index (κ1) is 18.1. The van der Waals surface area contributed by atoms with Gasteiger partial charge >= 0.3 is 0 Å². The predicted octanol–water partition coefficient (Wildman–Crippen LogP) is 3.64. The molecule has 3 aromatic heterocycles. The van der Waals surface area contributed by atoms with Crippen LogP contribution in [-0.4, -0.2) is 36.4 Å². The number of hydrogen-bond donors (Lipinski definition) is 1. The summed E-state index contributed by atoms with van der Waals surface area (Å²) < 4.78 is 7.08. The minimum absolute atomic E-state index is 0.540. The SMILES string of the molecule is Cc1cc(C)n(-c2cncc(NCCc3nc(-c4ccc(Cl)cc4)no3)n2)n1. The molecule has 28 heavy (non-hydrogen) atoms. The first-order valence-electron chi connectivity index (χ1n) is 8.76. The van der Waals surface area contributed by atoms with Gasteiger partial charge in [-0.2, -0.15) is 10.1 Å². The van der Waals surface area contributed by atoms with Crippen molar-refractivity contribution < 1.29 is 4.52 Å². The summed E-state index contributed by atoms with van der Waals surface area (Å²) in [6.45, 7) is 4.51. The number of nitrogens with one attached hydrogen (secondary N) is 1. The van der Waals surface area contributed by atoms with Crippen LogP contribution in [-0.2, 0) is 6.42 Å². The van der Waals surface area contributed by atoms with Crippen LogP contribution in [0, 0.1) is 13.8 Å². The number of hydrogen-bond acceptors (Lipinski definition) is 7. The van der Waals surface area contributed by atoms with Gasteiger partial charge in [-0.1, -0.05) is 16.8 Å². The number of halogens is 1. The second-order valence-electron chi connectivity index (χ2n) is 6.30. The molecular weight excluding hydrogens is 378 g/mol. The molecule has 0 fully saturated rings. The molecule has 0 radical (unpaired) electrons. The maximum Gasteiger partial charge on any atom is 0.228 e. The van der Waals surface area contributed by atoms with Crippen LogP contribution in [0.4, 0.5) is 5.82 Å². The van der Waals surface area contributed by atoms with Gasteiger partial charge in [-0.3, -0.25) is 4.98 Å². The average Bonchev–Trinajstić information content (AvgIpc) is 3.29. The van der Waals surface area contributed by atoms with E-state index in [1.807, 2.05) is 32.0 Å². The molecule has 0 spiro atoms. The molecule has 1 N–H and O–H groups in total. The smallest absolute Gasteiger partial charge is 0.228 e. The molecule has 3 heterocycles. The Labute approximate surface area is 166 Å². The number of rotatable bonds is 6.